The molecule has 4 aromatic rings. The van der Waals surface area contributed by atoms with E-state index in [0.717, 1.165) is 40.7 Å². The van der Waals surface area contributed by atoms with Crippen molar-refractivity contribution in [3.8, 4) is 17.0 Å². The number of benzene rings is 2. The number of aryl methyl sites for hydroxylation is 1. The number of carbonyl (C=O) groups excluding carboxylic acids is 1. The minimum absolute atomic E-state index is 0.200. The Kier molecular flexibility index (Phi) is 6.31. The van der Waals surface area contributed by atoms with Crippen LogP contribution in [0.5, 0.6) is 5.75 Å². The van der Waals surface area contributed by atoms with Gasteiger partial charge in [0.25, 0.3) is 0 Å². The molecule has 190 valence electrons. The van der Waals surface area contributed by atoms with Crippen molar-refractivity contribution in [3.05, 3.63) is 67.5 Å². The van der Waals surface area contributed by atoms with Gasteiger partial charge in [-0.15, -0.1) is 0 Å². The monoisotopic (exact) mass is 497 g/mol. The van der Waals surface area contributed by atoms with E-state index in [9.17, 15) is 4.79 Å². The number of ether oxygens (including phenoxy) is 1. The molecule has 9 heteroatoms. The van der Waals surface area contributed by atoms with Gasteiger partial charge >= 0.3 is 0 Å². The van der Waals surface area contributed by atoms with Crippen LogP contribution in [0.25, 0.3) is 22.2 Å². The van der Waals surface area contributed by atoms with E-state index in [1.807, 2.05) is 49.3 Å². The van der Waals surface area contributed by atoms with Crippen LogP contribution in [0.2, 0.25) is 0 Å². The minimum atomic E-state index is -0.311. The number of hydrogen-bond acceptors (Lipinski definition) is 7. The number of nitrogens with zero attached hydrogens (tertiary/aromatic N) is 4. The quantitative estimate of drug-likeness (QED) is 0.293. The first-order valence-electron chi connectivity index (χ1n) is 12.1. The first-order valence-corrected chi connectivity index (χ1v) is 12.1. The molecule has 1 amide bonds. The Morgan fingerprint density at radius 2 is 2.05 bits per heavy atom. The van der Waals surface area contributed by atoms with E-state index in [0.29, 0.717) is 29.6 Å². The zero-order valence-corrected chi connectivity index (χ0v) is 21.3. The highest BCUT2D eigenvalue weighted by molar-refractivity contribution is 6.02. The summed E-state index contributed by atoms with van der Waals surface area (Å²) in [5.74, 6) is 0.679. The molecule has 5 rings (SSSR count). The van der Waals surface area contributed by atoms with Gasteiger partial charge in [0.15, 0.2) is 0 Å². The van der Waals surface area contributed by atoms with Crippen LogP contribution in [0.1, 0.15) is 12.8 Å². The number of para-hydroxylation sites is 1. The van der Waals surface area contributed by atoms with E-state index >= 15 is 0 Å². The van der Waals surface area contributed by atoms with Gasteiger partial charge in [-0.2, -0.15) is 0 Å². The highest BCUT2D eigenvalue weighted by Gasteiger charge is 2.39. The van der Waals surface area contributed by atoms with Gasteiger partial charge in [-0.25, -0.2) is 9.97 Å². The molecule has 4 N–H and O–H groups in total. The largest absolute Gasteiger partial charge is 0.494 e. The maximum absolute atomic E-state index is 12.2. The van der Waals surface area contributed by atoms with Crippen molar-refractivity contribution in [2.24, 2.45) is 12.8 Å². The number of fused-ring (bicyclic) bond motifs is 1. The van der Waals surface area contributed by atoms with E-state index in [4.69, 9.17) is 15.5 Å². The van der Waals surface area contributed by atoms with E-state index < -0.39 is 0 Å². The van der Waals surface area contributed by atoms with E-state index in [1.165, 1.54) is 6.08 Å². The average molecular weight is 498 g/mol. The summed E-state index contributed by atoms with van der Waals surface area (Å²) >= 11 is 0. The van der Waals surface area contributed by atoms with Crippen molar-refractivity contribution in [1.82, 2.24) is 14.5 Å². The average Bonchev–Trinajstić information content (AvgIpc) is 3.53. The molecule has 1 aliphatic rings. The van der Waals surface area contributed by atoms with Crippen molar-refractivity contribution >= 4 is 39.8 Å². The van der Waals surface area contributed by atoms with Gasteiger partial charge in [-0.3, -0.25) is 4.79 Å². The second-order valence-electron chi connectivity index (χ2n) is 9.54. The highest BCUT2D eigenvalue weighted by atomic mass is 16.5. The van der Waals surface area contributed by atoms with Crippen LogP contribution < -0.4 is 26.0 Å². The first kappa shape index (κ1) is 24.3. The van der Waals surface area contributed by atoms with Crippen LogP contribution in [-0.4, -0.2) is 46.7 Å². The fraction of sp³-hybridized carbons (Fsp3) is 0.250. The van der Waals surface area contributed by atoms with Crippen LogP contribution in [0.3, 0.4) is 0 Å². The van der Waals surface area contributed by atoms with Crippen LogP contribution >= 0.6 is 0 Å². The number of aromatic nitrogens is 3. The molecule has 9 nitrogen and oxygen atoms in total. The molecule has 0 aliphatic heterocycles. The van der Waals surface area contributed by atoms with Crippen molar-refractivity contribution in [1.29, 1.82) is 0 Å². The van der Waals surface area contributed by atoms with Crippen molar-refractivity contribution in [2.45, 2.75) is 18.4 Å². The van der Waals surface area contributed by atoms with Crippen LogP contribution in [0.15, 0.2) is 67.5 Å². The molecule has 1 fully saturated rings. The normalized spacial score (nSPS) is 13.7. The summed E-state index contributed by atoms with van der Waals surface area (Å²) in [6, 6.07) is 13.8. The van der Waals surface area contributed by atoms with Crippen LogP contribution in [0, 0.1) is 0 Å². The summed E-state index contributed by atoms with van der Waals surface area (Å²) in [7, 11) is 5.57. The van der Waals surface area contributed by atoms with E-state index in [2.05, 4.69) is 45.1 Å². The number of hydrogen-bond donors (Lipinski definition) is 3. The molecule has 0 atom stereocenters. The molecule has 0 unspecified atom stereocenters. The van der Waals surface area contributed by atoms with Crippen molar-refractivity contribution in [3.63, 3.8) is 0 Å². The van der Waals surface area contributed by atoms with E-state index in [1.54, 1.807) is 13.3 Å². The second kappa shape index (κ2) is 9.59. The summed E-state index contributed by atoms with van der Waals surface area (Å²) in [5, 5.41) is 7.29. The summed E-state index contributed by atoms with van der Waals surface area (Å²) in [6.07, 6.45) is 6.98. The number of anilines is 4. The Bertz CT molecular complexity index is 1490. The number of amides is 1. The number of nitrogens with two attached hydrogens (primary N) is 1. The minimum Gasteiger partial charge on any atom is -0.494 e. The maximum atomic E-state index is 12.2. The number of methoxy groups -OCH3 is 1. The van der Waals surface area contributed by atoms with Gasteiger partial charge in [-0.1, -0.05) is 24.8 Å². The van der Waals surface area contributed by atoms with Crippen molar-refractivity contribution in [2.75, 3.05) is 36.2 Å². The molecule has 37 heavy (non-hydrogen) atoms. The van der Waals surface area contributed by atoms with Crippen LogP contribution in [-0.2, 0) is 11.8 Å². The molecule has 2 aromatic heterocycles. The molecule has 1 saturated carbocycles. The lowest BCUT2D eigenvalue weighted by Gasteiger charge is -2.27. The molecule has 2 heterocycles. The number of carbonyl (C=O) groups is 1. The Hall–Kier alpha value is -4.37. The molecule has 0 saturated heterocycles. The highest BCUT2D eigenvalue weighted by Crippen LogP contribution is 2.40. The zero-order chi connectivity index (χ0) is 26.2. The van der Waals surface area contributed by atoms with E-state index in [-0.39, 0.29) is 11.4 Å². The predicted molar refractivity (Wildman–Crippen MR) is 148 cm³/mol. The first-order chi connectivity index (χ1) is 17.8. The lowest BCUT2D eigenvalue weighted by Crippen LogP contribution is -2.37. The lowest BCUT2D eigenvalue weighted by atomic mass is 10.1. The molecule has 1 aliphatic carbocycles. The van der Waals surface area contributed by atoms with Gasteiger partial charge in [0.05, 0.1) is 29.9 Å². The predicted octanol–water partition coefficient (Wildman–Crippen LogP) is 4.44. The van der Waals surface area contributed by atoms with Crippen molar-refractivity contribution < 1.29 is 9.53 Å². The van der Waals surface area contributed by atoms with Crippen LogP contribution in [0.4, 0.5) is 23.0 Å². The molecule has 0 bridgehead atoms. The third kappa shape index (κ3) is 4.99. The third-order valence-corrected chi connectivity index (χ3v) is 6.69. The standard InChI is InChI=1S/C28H31N7O2/c1-5-26(36)31-21-14-22(25(37-4)15-24(21)35(3)17-28(29)11-12-28)33-27-30-13-10-20(32-27)19-16-34(2)23-9-7-6-8-18(19)23/h5-10,13-16H,1,11-12,17,29H2,2-4H3,(H,31,36)(H,30,32,33). The van der Waals surface area contributed by atoms with Gasteiger partial charge < -0.3 is 30.6 Å². The number of rotatable bonds is 9. The fourth-order valence-electron chi connectivity index (χ4n) is 4.55. The Balaban J connectivity index is 1.51. The Morgan fingerprint density at radius 3 is 2.78 bits per heavy atom. The summed E-state index contributed by atoms with van der Waals surface area (Å²) in [4.78, 5) is 23.5. The fourth-order valence-corrected chi connectivity index (χ4v) is 4.55. The molecular weight excluding hydrogens is 466 g/mol. The molecular formula is C28H31N7O2. The second-order valence-corrected chi connectivity index (χ2v) is 9.54. The molecule has 2 aromatic carbocycles. The third-order valence-electron chi connectivity index (χ3n) is 6.69. The zero-order valence-electron chi connectivity index (χ0n) is 21.3. The summed E-state index contributed by atoms with van der Waals surface area (Å²) < 4.78 is 7.79. The lowest BCUT2D eigenvalue weighted by molar-refractivity contribution is -0.111. The Labute approximate surface area is 216 Å². The summed E-state index contributed by atoms with van der Waals surface area (Å²) in [5.41, 5.74) is 11.1. The molecule has 0 radical (unpaired) electrons. The maximum Gasteiger partial charge on any atom is 0.247 e. The smallest absolute Gasteiger partial charge is 0.247 e. The van der Waals surface area contributed by atoms with Gasteiger partial charge in [0.2, 0.25) is 11.9 Å². The van der Waals surface area contributed by atoms with Gasteiger partial charge in [0.1, 0.15) is 5.75 Å². The van der Waals surface area contributed by atoms with Gasteiger partial charge in [-0.05, 0) is 37.1 Å². The number of likely N-dealkylation sites (N-methyl/N-ethyl adjacent to an activating group) is 1. The molecule has 0 spiro atoms. The summed E-state index contributed by atoms with van der Waals surface area (Å²) in [6.45, 7) is 4.24. The SMILES string of the molecule is C=CC(=O)Nc1cc(Nc2nccc(-c3cn(C)c4ccccc34)n2)c(OC)cc1N(C)CC1(N)CC1. The topological polar surface area (TPSA) is 110 Å². The number of nitrogens with one attached hydrogen (secondary N) is 2. The Morgan fingerprint density at radius 1 is 1.27 bits per heavy atom. The van der Waals surface area contributed by atoms with Gasteiger partial charge in [0, 0.05) is 61.1 Å².